The predicted molar refractivity (Wildman–Crippen MR) is 66.2 cm³/mol. The second-order valence-electron chi connectivity index (χ2n) is 5.98. The fraction of sp³-hybridized carbons (Fsp3) is 0.929. The van der Waals surface area contributed by atoms with E-state index in [2.05, 4.69) is 19.2 Å². The molecule has 0 aromatic carbocycles. The maximum Gasteiger partial charge on any atom is 0.152 e. The lowest BCUT2D eigenvalue weighted by atomic mass is 9.61. The van der Waals surface area contributed by atoms with Crippen LogP contribution in [0.2, 0.25) is 0 Å². The summed E-state index contributed by atoms with van der Waals surface area (Å²) in [6.07, 6.45) is 3.75. The molecule has 1 saturated carbocycles. The Morgan fingerprint density at radius 3 is 2.62 bits per heavy atom. The summed E-state index contributed by atoms with van der Waals surface area (Å²) in [5.74, 6) is 2.71. The minimum atomic E-state index is 0.153. The van der Waals surface area contributed by atoms with Crippen LogP contribution in [0.15, 0.2) is 0 Å². The smallest absolute Gasteiger partial charge is 0.152 e. The lowest BCUT2D eigenvalue weighted by Gasteiger charge is -2.52. The average Bonchev–Trinajstić information content (AvgIpc) is 2.28. The lowest BCUT2D eigenvalue weighted by molar-refractivity contribution is -0.130. The summed E-state index contributed by atoms with van der Waals surface area (Å²) in [7, 11) is 0. The van der Waals surface area contributed by atoms with Gasteiger partial charge in [-0.05, 0) is 30.6 Å². The topological polar surface area (TPSA) is 29.1 Å². The number of fused-ring (bicyclic) bond motifs is 3. The second-order valence-corrected chi connectivity index (χ2v) is 5.98. The van der Waals surface area contributed by atoms with Crippen LogP contribution in [0.4, 0.5) is 0 Å². The predicted octanol–water partition coefficient (Wildman–Crippen LogP) is 2.62. The highest BCUT2D eigenvalue weighted by Crippen LogP contribution is 2.43. The molecule has 3 rings (SSSR count). The van der Waals surface area contributed by atoms with E-state index in [1.165, 1.54) is 19.3 Å². The van der Waals surface area contributed by atoms with Crippen molar-refractivity contribution in [3.8, 4) is 0 Å². The number of hydrogen-bond acceptors (Lipinski definition) is 2. The van der Waals surface area contributed by atoms with Crippen molar-refractivity contribution in [3.63, 3.8) is 0 Å². The van der Waals surface area contributed by atoms with Gasteiger partial charge in [-0.25, -0.2) is 0 Å². The number of ketones is 1. The van der Waals surface area contributed by atoms with Crippen molar-refractivity contribution >= 4 is 5.78 Å². The zero-order chi connectivity index (χ0) is 11.9. The lowest BCUT2D eigenvalue weighted by Crippen LogP contribution is -2.63. The first-order chi connectivity index (χ1) is 7.56. The van der Waals surface area contributed by atoms with Crippen molar-refractivity contribution in [1.29, 1.82) is 0 Å². The Hall–Kier alpha value is -0.370. The van der Waals surface area contributed by atoms with Crippen molar-refractivity contribution in [2.24, 2.45) is 23.7 Å². The van der Waals surface area contributed by atoms with Crippen LogP contribution in [0.25, 0.3) is 0 Å². The fourth-order valence-electron chi connectivity index (χ4n) is 3.87. The molecule has 0 radical (unpaired) electrons. The molecule has 3 fully saturated rings. The van der Waals surface area contributed by atoms with Gasteiger partial charge in [-0.15, -0.1) is 0 Å². The van der Waals surface area contributed by atoms with Crippen LogP contribution in [0.1, 0.15) is 47.0 Å². The maximum atomic E-state index is 12.2. The molecule has 2 heteroatoms. The molecule has 2 bridgehead atoms. The van der Waals surface area contributed by atoms with Crippen molar-refractivity contribution in [2.75, 3.05) is 0 Å². The van der Waals surface area contributed by atoms with Crippen LogP contribution < -0.4 is 5.32 Å². The third-order valence-electron chi connectivity index (χ3n) is 4.84. The van der Waals surface area contributed by atoms with Gasteiger partial charge in [0.05, 0.1) is 6.04 Å². The molecule has 0 aromatic heterocycles. The highest BCUT2D eigenvalue weighted by Gasteiger charge is 2.47. The molecule has 2 saturated heterocycles. The number of hydrogen-bond donors (Lipinski definition) is 1. The van der Waals surface area contributed by atoms with E-state index in [1.54, 1.807) is 0 Å². The van der Waals surface area contributed by atoms with E-state index in [0.29, 0.717) is 17.7 Å². The quantitative estimate of drug-likeness (QED) is 0.797. The molecule has 2 unspecified atom stereocenters. The number of nitrogens with one attached hydrogen (secondary N) is 1. The average molecular weight is 223 g/mol. The third kappa shape index (κ3) is 1.81. The van der Waals surface area contributed by atoms with E-state index in [4.69, 9.17) is 0 Å². The Kier molecular flexibility index (Phi) is 3.39. The first-order valence-corrected chi connectivity index (χ1v) is 6.86. The molecule has 2 aliphatic heterocycles. The molecular formula is C14H25NO. The summed E-state index contributed by atoms with van der Waals surface area (Å²) < 4.78 is 0. The van der Waals surface area contributed by atoms with Gasteiger partial charge in [0.2, 0.25) is 0 Å². The molecule has 2 heterocycles. The summed E-state index contributed by atoms with van der Waals surface area (Å²) in [4.78, 5) is 12.2. The van der Waals surface area contributed by atoms with E-state index >= 15 is 0 Å². The normalized spacial score (nSPS) is 42.7. The van der Waals surface area contributed by atoms with Crippen LogP contribution in [-0.4, -0.2) is 17.9 Å². The molecule has 16 heavy (non-hydrogen) atoms. The number of carbonyl (C=O) groups excluding carboxylic acids is 1. The van der Waals surface area contributed by atoms with Crippen LogP contribution in [-0.2, 0) is 4.79 Å². The van der Waals surface area contributed by atoms with E-state index < -0.39 is 0 Å². The molecule has 0 amide bonds. The van der Waals surface area contributed by atoms with Gasteiger partial charge in [-0.2, -0.15) is 0 Å². The van der Waals surface area contributed by atoms with E-state index in [0.717, 1.165) is 11.8 Å². The fourth-order valence-corrected chi connectivity index (χ4v) is 3.87. The maximum absolute atomic E-state index is 12.2. The van der Waals surface area contributed by atoms with Gasteiger partial charge < -0.3 is 5.32 Å². The van der Waals surface area contributed by atoms with Gasteiger partial charge in [0.15, 0.2) is 5.78 Å². The minimum absolute atomic E-state index is 0.153. The summed E-state index contributed by atoms with van der Waals surface area (Å²) in [5, 5.41) is 3.60. The van der Waals surface area contributed by atoms with Crippen LogP contribution in [0.3, 0.4) is 0 Å². The highest BCUT2D eigenvalue weighted by molar-refractivity contribution is 5.86. The van der Waals surface area contributed by atoms with Gasteiger partial charge in [0, 0.05) is 12.0 Å². The molecule has 0 aromatic rings. The molecule has 92 valence electrons. The SMILES string of the molecule is CC[C@@H]1C(C)[C@H]2CC[C@H]1C(C(=O)C(C)C)N2. The standard InChI is InChI=1S/C14H25NO/c1-5-10-9(4)12-7-6-11(10)13(15-12)14(16)8(2)3/h8-13,15H,5-7H2,1-4H3/t9?,10-,11-,12-,13?/m1/s1. The Morgan fingerprint density at radius 1 is 1.38 bits per heavy atom. The van der Waals surface area contributed by atoms with E-state index in [9.17, 15) is 4.79 Å². The number of piperidine rings is 2. The molecule has 0 spiro atoms. The molecular weight excluding hydrogens is 198 g/mol. The van der Waals surface area contributed by atoms with Crippen LogP contribution in [0, 0.1) is 23.7 Å². The second kappa shape index (κ2) is 4.48. The summed E-state index contributed by atoms with van der Waals surface area (Å²) in [6, 6.07) is 0.738. The largest absolute Gasteiger partial charge is 0.304 e. The number of Topliss-reactive ketones (excluding diaryl/α,β-unsaturated/α-hetero) is 1. The first-order valence-electron chi connectivity index (χ1n) is 6.86. The van der Waals surface area contributed by atoms with Crippen LogP contribution >= 0.6 is 0 Å². The monoisotopic (exact) mass is 223 g/mol. The number of carbonyl (C=O) groups is 1. The van der Waals surface area contributed by atoms with Gasteiger partial charge in [0.1, 0.15) is 0 Å². The minimum Gasteiger partial charge on any atom is -0.304 e. The zero-order valence-electron chi connectivity index (χ0n) is 11.0. The Balaban J connectivity index is 2.16. The molecule has 3 aliphatic rings. The van der Waals surface area contributed by atoms with Gasteiger partial charge in [0.25, 0.3) is 0 Å². The van der Waals surface area contributed by atoms with Crippen molar-refractivity contribution < 1.29 is 4.79 Å². The summed E-state index contributed by atoms with van der Waals surface area (Å²) >= 11 is 0. The van der Waals surface area contributed by atoms with Crippen LogP contribution in [0.5, 0.6) is 0 Å². The molecule has 1 N–H and O–H groups in total. The van der Waals surface area contributed by atoms with E-state index in [-0.39, 0.29) is 12.0 Å². The van der Waals surface area contributed by atoms with Gasteiger partial charge >= 0.3 is 0 Å². The Bertz CT molecular complexity index is 274. The Morgan fingerprint density at radius 2 is 2.06 bits per heavy atom. The first kappa shape index (κ1) is 12.1. The van der Waals surface area contributed by atoms with Crippen molar-refractivity contribution in [2.45, 2.75) is 59.0 Å². The third-order valence-corrected chi connectivity index (χ3v) is 4.84. The number of rotatable bonds is 3. The van der Waals surface area contributed by atoms with E-state index in [1.807, 2.05) is 13.8 Å². The highest BCUT2D eigenvalue weighted by atomic mass is 16.1. The summed E-state index contributed by atoms with van der Waals surface area (Å²) in [6.45, 7) is 8.68. The Labute approximate surface area is 99.2 Å². The molecule has 1 aliphatic carbocycles. The summed E-state index contributed by atoms with van der Waals surface area (Å²) in [5.41, 5.74) is 0. The van der Waals surface area contributed by atoms with Gasteiger partial charge in [-0.1, -0.05) is 34.1 Å². The molecule has 2 nitrogen and oxygen atoms in total. The van der Waals surface area contributed by atoms with Crippen molar-refractivity contribution in [3.05, 3.63) is 0 Å². The zero-order valence-corrected chi connectivity index (χ0v) is 11.0. The van der Waals surface area contributed by atoms with Crippen molar-refractivity contribution in [1.82, 2.24) is 5.32 Å². The molecule has 5 atom stereocenters. The van der Waals surface area contributed by atoms with Gasteiger partial charge in [-0.3, -0.25) is 4.79 Å².